The maximum absolute atomic E-state index is 10.8. The van der Waals surface area contributed by atoms with Crippen LogP contribution in [0.25, 0.3) is 10.9 Å². The van der Waals surface area contributed by atoms with Crippen LogP contribution in [0.2, 0.25) is 0 Å². The zero-order valence-corrected chi connectivity index (χ0v) is 12.2. The van der Waals surface area contributed by atoms with Crippen molar-refractivity contribution in [1.82, 2.24) is 9.13 Å². The van der Waals surface area contributed by atoms with Crippen molar-refractivity contribution in [1.29, 1.82) is 0 Å². The average molecular weight is 300 g/mol. The van der Waals surface area contributed by atoms with Gasteiger partial charge in [0.2, 0.25) is 0 Å². The topological polar surface area (TPSA) is 84.5 Å². The highest BCUT2D eigenvalue weighted by Crippen LogP contribution is 2.17. The zero-order chi connectivity index (χ0) is 16.3. The molecule has 0 aliphatic heterocycles. The van der Waals surface area contributed by atoms with Crippen molar-refractivity contribution >= 4 is 22.8 Å². The molecule has 0 spiro atoms. The Morgan fingerprint density at radius 2 is 1.55 bits per heavy atom. The van der Waals surface area contributed by atoms with Crippen LogP contribution in [-0.2, 0) is 14.1 Å². The zero-order valence-electron chi connectivity index (χ0n) is 12.2. The molecular weight excluding hydrogens is 284 g/mol. The lowest BCUT2D eigenvalue weighted by Gasteiger charge is -1.97. The third kappa shape index (κ3) is 3.01. The van der Waals surface area contributed by atoms with E-state index in [1.807, 2.05) is 24.3 Å². The number of nitrogens with zero attached hydrogens (tertiary/aromatic N) is 2. The molecule has 0 aliphatic carbocycles. The number of fused-ring (bicyclic) bond motifs is 1. The molecule has 114 valence electrons. The molecule has 0 bridgehead atoms. The largest absolute Gasteiger partial charge is 0.477 e. The van der Waals surface area contributed by atoms with Gasteiger partial charge >= 0.3 is 11.9 Å². The van der Waals surface area contributed by atoms with Gasteiger partial charge in [0.05, 0.1) is 0 Å². The minimum atomic E-state index is -0.890. The summed E-state index contributed by atoms with van der Waals surface area (Å²) in [6.45, 7) is 0. The molecule has 0 atom stereocenters. The van der Waals surface area contributed by atoms with Gasteiger partial charge in [-0.2, -0.15) is 0 Å². The second kappa shape index (κ2) is 6.17. The summed E-state index contributed by atoms with van der Waals surface area (Å²) >= 11 is 0. The lowest BCUT2D eigenvalue weighted by atomic mass is 10.2. The summed E-state index contributed by atoms with van der Waals surface area (Å²) in [5, 5.41) is 18.2. The smallest absolute Gasteiger partial charge is 0.352 e. The predicted octanol–water partition coefficient (Wildman–Crippen LogP) is 2.60. The Kier molecular flexibility index (Phi) is 4.31. The monoisotopic (exact) mass is 300 g/mol. The Morgan fingerprint density at radius 3 is 2.00 bits per heavy atom. The van der Waals surface area contributed by atoms with Crippen molar-refractivity contribution in [2.24, 2.45) is 14.1 Å². The standard InChI is InChI=1S/C10H9NO2.C6H7NO2/c1-11-8-5-3-2-4-7(8)6-9(11)10(12)13;1-7-4-2-3-5(7)6(8)9/h2-6H,1H3,(H,12,13);2-4H,1H3,(H,8,9). The maximum atomic E-state index is 10.8. The molecule has 3 rings (SSSR count). The number of hydrogen-bond donors (Lipinski definition) is 2. The second-order valence-corrected chi connectivity index (χ2v) is 4.76. The number of para-hydroxylation sites is 1. The summed E-state index contributed by atoms with van der Waals surface area (Å²) in [5.74, 6) is -1.78. The minimum absolute atomic E-state index is 0.315. The van der Waals surface area contributed by atoms with E-state index in [0.717, 1.165) is 10.9 Å². The number of hydrogen-bond acceptors (Lipinski definition) is 2. The Labute approximate surface area is 126 Å². The second-order valence-electron chi connectivity index (χ2n) is 4.76. The van der Waals surface area contributed by atoms with Crippen LogP contribution < -0.4 is 0 Å². The molecule has 0 aliphatic rings. The summed E-state index contributed by atoms with van der Waals surface area (Å²) in [7, 11) is 3.45. The van der Waals surface area contributed by atoms with Gasteiger partial charge in [0.25, 0.3) is 0 Å². The number of aromatic carboxylic acids is 2. The van der Waals surface area contributed by atoms with Gasteiger partial charge in [-0.25, -0.2) is 9.59 Å². The number of carbonyl (C=O) groups is 2. The lowest BCUT2D eigenvalue weighted by Crippen LogP contribution is -2.03. The predicted molar refractivity (Wildman–Crippen MR) is 82.3 cm³/mol. The first-order valence-corrected chi connectivity index (χ1v) is 6.54. The number of aryl methyl sites for hydroxylation is 2. The third-order valence-electron chi connectivity index (χ3n) is 3.33. The van der Waals surface area contributed by atoms with Gasteiger partial charge in [0.1, 0.15) is 11.4 Å². The van der Waals surface area contributed by atoms with Gasteiger partial charge in [-0.3, -0.25) is 0 Å². The molecule has 2 heterocycles. The maximum Gasteiger partial charge on any atom is 0.352 e. The van der Waals surface area contributed by atoms with E-state index in [2.05, 4.69) is 0 Å². The van der Waals surface area contributed by atoms with Crippen molar-refractivity contribution < 1.29 is 19.8 Å². The molecule has 2 aromatic heterocycles. The lowest BCUT2D eigenvalue weighted by molar-refractivity contribution is 0.0676. The molecule has 1 aromatic carbocycles. The van der Waals surface area contributed by atoms with Gasteiger partial charge in [-0.15, -0.1) is 0 Å². The van der Waals surface area contributed by atoms with Gasteiger partial charge in [-0.1, -0.05) is 18.2 Å². The van der Waals surface area contributed by atoms with E-state index >= 15 is 0 Å². The summed E-state index contributed by atoms with van der Waals surface area (Å²) in [6, 6.07) is 12.5. The minimum Gasteiger partial charge on any atom is -0.477 e. The fraction of sp³-hybridized carbons (Fsp3) is 0.125. The van der Waals surface area contributed by atoms with Gasteiger partial charge in [0.15, 0.2) is 0 Å². The first-order chi connectivity index (χ1) is 10.4. The highest BCUT2D eigenvalue weighted by atomic mass is 16.4. The Balaban J connectivity index is 0.000000172. The first-order valence-electron chi connectivity index (χ1n) is 6.54. The molecule has 0 amide bonds. The molecule has 3 aromatic rings. The first kappa shape index (κ1) is 15.4. The number of aromatic nitrogens is 2. The van der Waals surface area contributed by atoms with Crippen LogP contribution in [0.15, 0.2) is 48.7 Å². The number of carboxylic acids is 2. The van der Waals surface area contributed by atoms with Crippen molar-refractivity contribution in [3.63, 3.8) is 0 Å². The fourth-order valence-electron chi connectivity index (χ4n) is 2.18. The molecule has 0 radical (unpaired) electrons. The normalized spacial score (nSPS) is 10.1. The van der Waals surface area contributed by atoms with Crippen molar-refractivity contribution in [2.75, 3.05) is 0 Å². The number of benzene rings is 1. The van der Waals surface area contributed by atoms with E-state index in [4.69, 9.17) is 10.2 Å². The van der Waals surface area contributed by atoms with Crippen LogP contribution in [-0.4, -0.2) is 31.3 Å². The molecule has 6 heteroatoms. The van der Waals surface area contributed by atoms with E-state index in [1.165, 1.54) is 0 Å². The van der Waals surface area contributed by atoms with Crippen molar-refractivity contribution in [2.45, 2.75) is 0 Å². The van der Waals surface area contributed by atoms with Crippen LogP contribution in [0.3, 0.4) is 0 Å². The van der Waals surface area contributed by atoms with Gasteiger partial charge < -0.3 is 19.3 Å². The Hall–Kier alpha value is -3.02. The molecule has 2 N–H and O–H groups in total. The van der Waals surface area contributed by atoms with E-state index < -0.39 is 11.9 Å². The Bertz CT molecular complexity index is 830. The van der Waals surface area contributed by atoms with E-state index in [0.29, 0.717) is 11.4 Å². The van der Waals surface area contributed by atoms with Gasteiger partial charge in [0, 0.05) is 31.2 Å². The van der Waals surface area contributed by atoms with Crippen LogP contribution in [0.1, 0.15) is 21.0 Å². The third-order valence-corrected chi connectivity index (χ3v) is 3.33. The van der Waals surface area contributed by atoms with Gasteiger partial charge in [-0.05, 0) is 24.3 Å². The number of rotatable bonds is 2. The summed E-state index contributed by atoms with van der Waals surface area (Å²) in [6.07, 6.45) is 1.70. The SMILES string of the molecule is Cn1c(C(=O)O)cc2ccccc21.Cn1cccc1C(=O)O. The summed E-state index contributed by atoms with van der Waals surface area (Å²) in [4.78, 5) is 21.0. The number of carboxylic acid groups (broad SMARTS) is 2. The van der Waals surface area contributed by atoms with Crippen LogP contribution >= 0.6 is 0 Å². The van der Waals surface area contributed by atoms with Crippen molar-refractivity contribution in [3.8, 4) is 0 Å². The van der Waals surface area contributed by atoms with Crippen LogP contribution in [0, 0.1) is 0 Å². The van der Waals surface area contributed by atoms with Crippen LogP contribution in [0.5, 0.6) is 0 Å². The highest BCUT2D eigenvalue weighted by Gasteiger charge is 2.10. The Morgan fingerprint density at radius 1 is 0.909 bits per heavy atom. The molecule has 0 fully saturated rings. The molecule has 0 saturated heterocycles. The average Bonchev–Trinajstić information content (AvgIpc) is 3.04. The summed E-state index contributed by atoms with van der Waals surface area (Å²) < 4.78 is 3.24. The summed E-state index contributed by atoms with van der Waals surface area (Å²) in [5.41, 5.74) is 1.58. The van der Waals surface area contributed by atoms with Crippen molar-refractivity contribution in [3.05, 3.63) is 60.0 Å². The molecule has 22 heavy (non-hydrogen) atoms. The quantitative estimate of drug-likeness (QED) is 0.762. The van der Waals surface area contributed by atoms with E-state index in [-0.39, 0.29) is 0 Å². The highest BCUT2D eigenvalue weighted by molar-refractivity contribution is 5.94. The fourth-order valence-corrected chi connectivity index (χ4v) is 2.18. The van der Waals surface area contributed by atoms with E-state index in [1.54, 1.807) is 47.6 Å². The van der Waals surface area contributed by atoms with Crippen LogP contribution in [0.4, 0.5) is 0 Å². The molecule has 6 nitrogen and oxygen atoms in total. The molecular formula is C16H16N2O4. The molecule has 0 unspecified atom stereocenters. The van der Waals surface area contributed by atoms with E-state index in [9.17, 15) is 9.59 Å². The molecule has 0 saturated carbocycles.